The maximum absolute atomic E-state index is 5.17. The molecule has 108 valence electrons. The van der Waals surface area contributed by atoms with E-state index in [-0.39, 0.29) is 0 Å². The largest absolute Gasteiger partial charge is 0.361 e. The molecule has 6 nitrogen and oxygen atoms in total. The van der Waals surface area contributed by atoms with Crippen LogP contribution in [-0.2, 0) is 5.75 Å². The van der Waals surface area contributed by atoms with Crippen LogP contribution in [0.5, 0.6) is 0 Å². The Hall–Kier alpha value is -2.15. The fourth-order valence-corrected chi connectivity index (χ4v) is 3.01. The van der Waals surface area contributed by atoms with Crippen LogP contribution in [-0.4, -0.2) is 25.4 Å². The van der Waals surface area contributed by atoms with Crippen molar-refractivity contribution in [3.63, 3.8) is 0 Å². The van der Waals surface area contributed by atoms with Gasteiger partial charge >= 0.3 is 0 Å². The molecule has 3 rings (SSSR count). The molecule has 0 atom stereocenters. The van der Waals surface area contributed by atoms with E-state index < -0.39 is 0 Å². The van der Waals surface area contributed by atoms with Gasteiger partial charge in [0.05, 0.1) is 11.4 Å². The van der Waals surface area contributed by atoms with Crippen molar-refractivity contribution in [2.45, 2.75) is 31.7 Å². The Balaban J connectivity index is 1.81. The molecule has 0 N–H and O–H groups in total. The second kappa shape index (κ2) is 5.69. The SMILES string of the molecule is Cc1ccc(-n2nnnc2SCc2c(C)noc2C)cc1. The zero-order valence-electron chi connectivity index (χ0n) is 12.1. The van der Waals surface area contributed by atoms with Crippen LogP contribution in [0.1, 0.15) is 22.6 Å². The Labute approximate surface area is 126 Å². The van der Waals surface area contributed by atoms with Gasteiger partial charge in [-0.2, -0.15) is 4.68 Å². The third-order valence-electron chi connectivity index (χ3n) is 3.25. The van der Waals surface area contributed by atoms with Gasteiger partial charge in [0.1, 0.15) is 5.76 Å². The van der Waals surface area contributed by atoms with Crippen molar-refractivity contribution in [1.29, 1.82) is 0 Å². The van der Waals surface area contributed by atoms with Crippen LogP contribution in [0.3, 0.4) is 0 Å². The van der Waals surface area contributed by atoms with Crippen molar-refractivity contribution < 1.29 is 4.52 Å². The summed E-state index contributed by atoms with van der Waals surface area (Å²) >= 11 is 1.57. The lowest BCUT2D eigenvalue weighted by Gasteiger charge is -2.04. The molecule has 3 aromatic rings. The highest BCUT2D eigenvalue weighted by atomic mass is 32.2. The molecule has 0 saturated heterocycles. The molecule has 0 unspecified atom stereocenters. The molecule has 0 aliphatic heterocycles. The number of tetrazole rings is 1. The summed E-state index contributed by atoms with van der Waals surface area (Å²) in [6.45, 7) is 5.91. The molecule has 21 heavy (non-hydrogen) atoms. The smallest absolute Gasteiger partial charge is 0.214 e. The summed E-state index contributed by atoms with van der Waals surface area (Å²) in [6.07, 6.45) is 0. The molecule has 0 bridgehead atoms. The Bertz CT molecular complexity index is 728. The molecule has 0 aliphatic rings. The van der Waals surface area contributed by atoms with Gasteiger partial charge in [0, 0.05) is 11.3 Å². The van der Waals surface area contributed by atoms with Crippen LogP contribution >= 0.6 is 11.8 Å². The first kappa shape index (κ1) is 13.8. The van der Waals surface area contributed by atoms with Gasteiger partial charge in [-0.3, -0.25) is 0 Å². The predicted molar refractivity (Wildman–Crippen MR) is 79.4 cm³/mol. The topological polar surface area (TPSA) is 69.6 Å². The predicted octanol–water partition coefficient (Wildman–Crippen LogP) is 2.87. The van der Waals surface area contributed by atoms with E-state index in [1.165, 1.54) is 5.56 Å². The summed E-state index contributed by atoms with van der Waals surface area (Å²) in [4.78, 5) is 0. The maximum atomic E-state index is 5.17. The van der Waals surface area contributed by atoms with Crippen molar-refractivity contribution in [2.24, 2.45) is 0 Å². The van der Waals surface area contributed by atoms with Crippen molar-refractivity contribution in [2.75, 3.05) is 0 Å². The molecular weight excluding hydrogens is 286 g/mol. The van der Waals surface area contributed by atoms with E-state index in [2.05, 4.69) is 27.6 Å². The Morgan fingerprint density at radius 2 is 1.90 bits per heavy atom. The quantitative estimate of drug-likeness (QED) is 0.690. The first-order valence-electron chi connectivity index (χ1n) is 6.55. The van der Waals surface area contributed by atoms with Crippen LogP contribution in [0.4, 0.5) is 0 Å². The summed E-state index contributed by atoms with van der Waals surface area (Å²) in [5.74, 6) is 1.57. The molecule has 0 saturated carbocycles. The van der Waals surface area contributed by atoms with Gasteiger partial charge in [-0.15, -0.1) is 5.10 Å². The molecule has 0 amide bonds. The summed E-state index contributed by atoms with van der Waals surface area (Å²) < 4.78 is 6.91. The van der Waals surface area contributed by atoms with Gasteiger partial charge < -0.3 is 4.52 Å². The number of aryl methyl sites for hydroxylation is 3. The second-order valence-corrected chi connectivity index (χ2v) is 5.74. The first-order chi connectivity index (χ1) is 10.1. The number of benzene rings is 1. The number of aromatic nitrogens is 5. The number of hydrogen-bond acceptors (Lipinski definition) is 6. The Kier molecular flexibility index (Phi) is 3.74. The molecular formula is C14H15N5OS. The van der Waals surface area contributed by atoms with E-state index in [1.54, 1.807) is 16.4 Å². The second-order valence-electron chi connectivity index (χ2n) is 4.80. The molecule has 7 heteroatoms. The summed E-state index contributed by atoms with van der Waals surface area (Å²) in [5, 5.41) is 16.6. The standard InChI is InChI=1S/C14H15N5OS/c1-9-4-6-12(7-5-9)19-14(15-17-18-19)21-8-13-10(2)16-20-11(13)3/h4-7H,8H2,1-3H3. The van der Waals surface area contributed by atoms with E-state index in [0.29, 0.717) is 0 Å². The van der Waals surface area contributed by atoms with Crippen LogP contribution in [0.2, 0.25) is 0 Å². The highest BCUT2D eigenvalue weighted by molar-refractivity contribution is 7.98. The van der Waals surface area contributed by atoms with E-state index in [1.807, 2.05) is 38.1 Å². The molecule has 2 heterocycles. The van der Waals surface area contributed by atoms with E-state index >= 15 is 0 Å². The number of hydrogen-bond donors (Lipinski definition) is 0. The number of nitrogens with zero attached hydrogens (tertiary/aromatic N) is 5. The van der Waals surface area contributed by atoms with E-state index in [0.717, 1.165) is 33.6 Å². The van der Waals surface area contributed by atoms with Crippen LogP contribution in [0.15, 0.2) is 33.9 Å². The molecule has 0 spiro atoms. The maximum Gasteiger partial charge on any atom is 0.214 e. The zero-order chi connectivity index (χ0) is 14.8. The van der Waals surface area contributed by atoms with E-state index in [9.17, 15) is 0 Å². The molecule has 2 aromatic heterocycles. The molecule has 0 radical (unpaired) electrons. The summed E-state index contributed by atoms with van der Waals surface area (Å²) in [7, 11) is 0. The average Bonchev–Trinajstić information content (AvgIpc) is 3.06. The van der Waals surface area contributed by atoms with Crippen molar-refractivity contribution in [1.82, 2.24) is 25.4 Å². The lowest BCUT2D eigenvalue weighted by molar-refractivity contribution is 0.392. The van der Waals surface area contributed by atoms with Gasteiger partial charge in [-0.05, 0) is 43.3 Å². The van der Waals surface area contributed by atoms with Crippen LogP contribution < -0.4 is 0 Å². The lowest BCUT2D eigenvalue weighted by atomic mass is 10.2. The minimum Gasteiger partial charge on any atom is -0.361 e. The fraction of sp³-hybridized carbons (Fsp3) is 0.286. The first-order valence-corrected chi connectivity index (χ1v) is 7.53. The van der Waals surface area contributed by atoms with Gasteiger partial charge in [0.2, 0.25) is 5.16 Å². The highest BCUT2D eigenvalue weighted by Gasteiger charge is 2.13. The van der Waals surface area contributed by atoms with Crippen molar-refractivity contribution in [3.8, 4) is 5.69 Å². The van der Waals surface area contributed by atoms with Gasteiger partial charge in [0.25, 0.3) is 0 Å². The number of thioether (sulfide) groups is 1. The lowest BCUT2D eigenvalue weighted by Crippen LogP contribution is -1.99. The van der Waals surface area contributed by atoms with Gasteiger partial charge in [-0.1, -0.05) is 34.6 Å². The third kappa shape index (κ3) is 2.82. The van der Waals surface area contributed by atoms with Crippen molar-refractivity contribution in [3.05, 3.63) is 46.8 Å². The summed E-state index contributed by atoms with van der Waals surface area (Å²) in [6, 6.07) is 8.09. The van der Waals surface area contributed by atoms with Crippen molar-refractivity contribution >= 4 is 11.8 Å². The van der Waals surface area contributed by atoms with Crippen LogP contribution in [0, 0.1) is 20.8 Å². The van der Waals surface area contributed by atoms with Gasteiger partial charge in [-0.25, -0.2) is 0 Å². The zero-order valence-corrected chi connectivity index (χ0v) is 12.9. The van der Waals surface area contributed by atoms with E-state index in [4.69, 9.17) is 4.52 Å². The normalized spacial score (nSPS) is 11.0. The molecule has 0 fully saturated rings. The third-order valence-corrected chi connectivity index (χ3v) is 4.19. The number of rotatable bonds is 4. The average molecular weight is 301 g/mol. The van der Waals surface area contributed by atoms with Crippen LogP contribution in [0.25, 0.3) is 5.69 Å². The molecule has 0 aliphatic carbocycles. The molecule has 1 aromatic carbocycles. The Morgan fingerprint density at radius 1 is 1.14 bits per heavy atom. The monoisotopic (exact) mass is 301 g/mol. The summed E-state index contributed by atoms with van der Waals surface area (Å²) in [5.41, 5.74) is 4.16. The Morgan fingerprint density at radius 3 is 2.57 bits per heavy atom. The highest BCUT2D eigenvalue weighted by Crippen LogP contribution is 2.25. The fourth-order valence-electron chi connectivity index (χ4n) is 1.96. The minimum atomic E-state index is 0.730. The van der Waals surface area contributed by atoms with Gasteiger partial charge in [0.15, 0.2) is 0 Å². The minimum absolute atomic E-state index is 0.730.